The van der Waals surface area contributed by atoms with Crippen LogP contribution < -0.4 is 11.1 Å². The van der Waals surface area contributed by atoms with Crippen LogP contribution in [-0.4, -0.2) is 49.3 Å². The first-order chi connectivity index (χ1) is 7.71. The van der Waals surface area contributed by atoms with Crippen molar-refractivity contribution in [2.45, 2.75) is 38.1 Å². The van der Waals surface area contributed by atoms with Gasteiger partial charge in [0.15, 0.2) is 0 Å². The highest BCUT2D eigenvalue weighted by atomic mass is 16.5. The molecule has 0 bridgehead atoms. The van der Waals surface area contributed by atoms with E-state index in [0.717, 1.165) is 12.8 Å². The van der Waals surface area contributed by atoms with Gasteiger partial charge in [0.05, 0.1) is 6.61 Å². The fourth-order valence-electron chi connectivity index (χ4n) is 1.62. The lowest BCUT2D eigenvalue weighted by Crippen LogP contribution is -2.49. The average Bonchev–Trinajstić information content (AvgIpc) is 2.29. The van der Waals surface area contributed by atoms with Crippen LogP contribution in [0.3, 0.4) is 0 Å². The van der Waals surface area contributed by atoms with Crippen molar-refractivity contribution in [3.8, 4) is 0 Å². The number of aliphatic hydroxyl groups excluding tert-OH is 1. The van der Waals surface area contributed by atoms with E-state index < -0.39 is 0 Å². The second kappa shape index (κ2) is 6.57. The molecule has 0 radical (unpaired) electrons. The smallest absolute Gasteiger partial charge is 0.216 e. The van der Waals surface area contributed by atoms with Crippen molar-refractivity contribution in [3.05, 3.63) is 0 Å². The first kappa shape index (κ1) is 13.1. The Bertz CT molecular complexity index is 268. The third kappa shape index (κ3) is 3.55. The highest BCUT2D eigenvalue weighted by Crippen LogP contribution is 2.06. The minimum absolute atomic E-state index is 0.00991. The summed E-state index contributed by atoms with van der Waals surface area (Å²) >= 11 is 0. The summed E-state index contributed by atoms with van der Waals surface area (Å²) in [5, 5.41) is 12.4. The molecule has 1 heterocycles. The molecule has 16 heavy (non-hydrogen) atoms. The number of aliphatic imine (C=N–C) groups is 2. The molecule has 0 aromatic carbocycles. The van der Waals surface area contributed by atoms with Crippen LogP contribution in [-0.2, 0) is 4.74 Å². The first-order valence-electron chi connectivity index (χ1n) is 5.48. The summed E-state index contributed by atoms with van der Waals surface area (Å²) in [7, 11) is 1.59. The number of rotatable bonds is 6. The molecule has 0 aliphatic carbocycles. The molecule has 1 rings (SSSR count). The zero-order valence-electron chi connectivity index (χ0n) is 9.76. The van der Waals surface area contributed by atoms with E-state index >= 15 is 0 Å². The molecular formula is C10H20N4O2. The summed E-state index contributed by atoms with van der Waals surface area (Å²) < 4.78 is 5.22. The van der Waals surface area contributed by atoms with E-state index in [1.807, 2.05) is 0 Å². The van der Waals surface area contributed by atoms with E-state index in [4.69, 9.17) is 10.5 Å². The normalized spacial score (nSPS) is 26.6. The topological polar surface area (TPSA) is 92.2 Å². The van der Waals surface area contributed by atoms with Crippen molar-refractivity contribution in [2.75, 3.05) is 13.7 Å². The summed E-state index contributed by atoms with van der Waals surface area (Å²) in [6.07, 6.45) is 3.00. The van der Waals surface area contributed by atoms with Crippen LogP contribution in [0.15, 0.2) is 9.98 Å². The molecule has 3 atom stereocenters. The van der Waals surface area contributed by atoms with Crippen LogP contribution in [0.5, 0.6) is 0 Å². The summed E-state index contributed by atoms with van der Waals surface area (Å²) in [6.45, 7) is 2.14. The number of methoxy groups -OCH3 is 1. The zero-order valence-corrected chi connectivity index (χ0v) is 9.76. The van der Waals surface area contributed by atoms with Crippen LogP contribution in [0.4, 0.5) is 0 Å². The van der Waals surface area contributed by atoms with Crippen molar-refractivity contribution in [3.63, 3.8) is 0 Å². The number of nitrogens with zero attached hydrogens (tertiary/aromatic N) is 2. The molecule has 0 saturated carbocycles. The van der Waals surface area contributed by atoms with Crippen LogP contribution in [0.2, 0.25) is 0 Å². The number of ether oxygens (including phenoxy) is 1. The van der Waals surface area contributed by atoms with E-state index in [1.54, 1.807) is 13.3 Å². The number of hydrogen-bond donors (Lipinski definition) is 3. The van der Waals surface area contributed by atoms with Crippen LogP contribution in [0.1, 0.15) is 19.8 Å². The molecule has 1 aliphatic rings. The second-order valence-electron chi connectivity index (χ2n) is 3.75. The predicted octanol–water partition coefficient (Wildman–Crippen LogP) is -0.523. The summed E-state index contributed by atoms with van der Waals surface area (Å²) in [4.78, 5) is 8.04. The monoisotopic (exact) mass is 228 g/mol. The second-order valence-corrected chi connectivity index (χ2v) is 3.75. The molecule has 1 aliphatic heterocycles. The molecule has 0 fully saturated rings. The maximum Gasteiger partial charge on any atom is 0.216 e. The van der Waals surface area contributed by atoms with Gasteiger partial charge < -0.3 is 15.6 Å². The largest absolute Gasteiger partial charge is 0.395 e. The number of aliphatic hydroxyl groups is 1. The third-order valence-corrected chi connectivity index (χ3v) is 2.47. The van der Waals surface area contributed by atoms with Crippen molar-refractivity contribution in [2.24, 2.45) is 15.7 Å². The number of hydrogen-bond acceptors (Lipinski definition) is 6. The van der Waals surface area contributed by atoms with Crippen molar-refractivity contribution in [1.29, 1.82) is 0 Å². The standard InChI is InChI=1S/C10H20N4O2/c1-3-4-7(6-15)13-9-8(16-2)5-12-10(11)14-9/h5,7-9,13,15H,3-4,6H2,1-2H3,(H2,11,14). The Hall–Kier alpha value is -0.980. The Morgan fingerprint density at radius 1 is 1.69 bits per heavy atom. The molecule has 3 unspecified atom stereocenters. The van der Waals surface area contributed by atoms with E-state index in [-0.39, 0.29) is 30.9 Å². The summed E-state index contributed by atoms with van der Waals surface area (Å²) in [6, 6.07) is 0.00991. The molecule has 4 N–H and O–H groups in total. The van der Waals surface area contributed by atoms with Crippen LogP contribution in [0.25, 0.3) is 0 Å². The maximum atomic E-state index is 9.20. The van der Waals surface area contributed by atoms with Crippen molar-refractivity contribution >= 4 is 12.2 Å². The van der Waals surface area contributed by atoms with Gasteiger partial charge in [0.25, 0.3) is 0 Å². The van der Waals surface area contributed by atoms with Crippen molar-refractivity contribution in [1.82, 2.24) is 5.32 Å². The molecule has 0 aromatic rings. The SMILES string of the molecule is CCCC(CO)NC1N=C(N)N=CC1OC. The van der Waals surface area contributed by atoms with Crippen molar-refractivity contribution < 1.29 is 9.84 Å². The Morgan fingerprint density at radius 2 is 2.44 bits per heavy atom. The molecule has 0 saturated heterocycles. The molecule has 92 valence electrons. The van der Waals surface area contributed by atoms with Crippen LogP contribution >= 0.6 is 0 Å². The number of nitrogens with two attached hydrogens (primary N) is 1. The van der Waals surface area contributed by atoms with Crippen LogP contribution in [0, 0.1) is 0 Å². The lowest BCUT2D eigenvalue weighted by Gasteiger charge is -2.27. The Kier molecular flexibility index (Phi) is 5.37. The number of guanidine groups is 1. The lowest BCUT2D eigenvalue weighted by molar-refractivity contribution is 0.111. The predicted molar refractivity (Wildman–Crippen MR) is 63.6 cm³/mol. The molecule has 0 aromatic heterocycles. The Labute approximate surface area is 95.6 Å². The summed E-state index contributed by atoms with van der Waals surface area (Å²) in [5.74, 6) is 0.235. The van der Waals surface area contributed by atoms with E-state index in [1.165, 1.54) is 0 Å². The highest BCUT2D eigenvalue weighted by Gasteiger charge is 2.24. The quantitative estimate of drug-likeness (QED) is 0.570. The molecule has 6 heteroatoms. The molecule has 0 amide bonds. The minimum Gasteiger partial charge on any atom is -0.395 e. The van der Waals surface area contributed by atoms with Gasteiger partial charge in [-0.2, -0.15) is 0 Å². The fourth-order valence-corrected chi connectivity index (χ4v) is 1.62. The molecule has 6 nitrogen and oxygen atoms in total. The minimum atomic E-state index is -0.272. The first-order valence-corrected chi connectivity index (χ1v) is 5.48. The van der Waals surface area contributed by atoms with E-state index in [0.29, 0.717) is 0 Å². The molecule has 0 spiro atoms. The van der Waals surface area contributed by atoms with Gasteiger partial charge >= 0.3 is 0 Å². The third-order valence-electron chi connectivity index (χ3n) is 2.47. The van der Waals surface area contributed by atoms with Gasteiger partial charge in [-0.05, 0) is 6.42 Å². The van der Waals surface area contributed by atoms with E-state index in [2.05, 4.69) is 22.2 Å². The van der Waals surface area contributed by atoms with Gasteiger partial charge in [0.2, 0.25) is 5.96 Å². The zero-order chi connectivity index (χ0) is 12.0. The van der Waals surface area contributed by atoms with Gasteiger partial charge in [0, 0.05) is 19.4 Å². The summed E-state index contributed by atoms with van der Waals surface area (Å²) in [5.41, 5.74) is 5.53. The Balaban J connectivity index is 2.59. The highest BCUT2D eigenvalue weighted by molar-refractivity contribution is 5.90. The van der Waals surface area contributed by atoms with Gasteiger partial charge in [-0.25, -0.2) is 9.98 Å². The lowest BCUT2D eigenvalue weighted by atomic mass is 10.1. The number of nitrogens with one attached hydrogen (secondary N) is 1. The van der Waals surface area contributed by atoms with E-state index in [9.17, 15) is 5.11 Å². The fraction of sp³-hybridized carbons (Fsp3) is 0.800. The van der Waals surface area contributed by atoms with Gasteiger partial charge in [-0.3, -0.25) is 5.32 Å². The van der Waals surface area contributed by atoms with Gasteiger partial charge in [0.1, 0.15) is 12.3 Å². The molecular weight excluding hydrogens is 208 g/mol. The maximum absolute atomic E-state index is 9.20. The Morgan fingerprint density at radius 3 is 3.00 bits per heavy atom. The van der Waals surface area contributed by atoms with Gasteiger partial charge in [-0.1, -0.05) is 13.3 Å². The van der Waals surface area contributed by atoms with Gasteiger partial charge in [-0.15, -0.1) is 0 Å². The average molecular weight is 228 g/mol.